The Labute approximate surface area is 229 Å². The molecule has 0 radical (unpaired) electrons. The van der Waals surface area contributed by atoms with E-state index in [4.69, 9.17) is 26.2 Å². The maximum Gasteiger partial charge on any atom is 0.322 e. The van der Waals surface area contributed by atoms with Gasteiger partial charge in [0, 0.05) is 29.1 Å². The molecule has 3 rings (SSSR count). The number of hydrogen-bond donors (Lipinski definition) is 2. The van der Waals surface area contributed by atoms with Gasteiger partial charge in [0.1, 0.15) is 23.9 Å². The molecule has 3 aromatic rings. The number of halogens is 1. The standard InChI is InChI=1S/C28H36ClN5O4/c1-7-8-15-33(27(36)30-22-14-13-21(37-5)16-23(22)38-6)18-26(35)31-25-17-24(28(2,3)4)32-34(25)20-11-9-19(29)10-12-20/h9-14,16-17H,7-8,15,18H2,1-6H3,(H,30,36)(H,31,35). The van der Waals surface area contributed by atoms with Gasteiger partial charge < -0.3 is 25.0 Å². The molecule has 38 heavy (non-hydrogen) atoms. The Bertz CT molecular complexity index is 1250. The van der Waals surface area contributed by atoms with Crippen molar-refractivity contribution in [2.45, 2.75) is 46.0 Å². The fourth-order valence-electron chi connectivity index (χ4n) is 3.67. The van der Waals surface area contributed by atoms with Gasteiger partial charge in [-0.3, -0.25) is 4.79 Å². The third-order valence-corrected chi connectivity index (χ3v) is 6.12. The summed E-state index contributed by atoms with van der Waals surface area (Å²) in [6, 6.07) is 13.8. The summed E-state index contributed by atoms with van der Waals surface area (Å²) in [4.78, 5) is 27.9. The Morgan fingerprint density at radius 3 is 2.34 bits per heavy atom. The summed E-state index contributed by atoms with van der Waals surface area (Å²) in [5, 5.41) is 11.1. The predicted molar refractivity (Wildman–Crippen MR) is 151 cm³/mol. The van der Waals surface area contributed by atoms with E-state index >= 15 is 0 Å². The van der Waals surface area contributed by atoms with E-state index in [1.165, 1.54) is 12.0 Å². The molecule has 0 saturated heterocycles. The van der Waals surface area contributed by atoms with Crippen LogP contribution >= 0.6 is 11.6 Å². The van der Waals surface area contributed by atoms with Crippen molar-refractivity contribution in [1.29, 1.82) is 0 Å². The summed E-state index contributed by atoms with van der Waals surface area (Å²) in [5.41, 5.74) is 1.82. The van der Waals surface area contributed by atoms with Crippen LogP contribution in [0.4, 0.5) is 16.3 Å². The molecule has 0 aliphatic rings. The number of aromatic nitrogens is 2. The quantitative estimate of drug-likeness (QED) is 0.322. The Hall–Kier alpha value is -3.72. The van der Waals surface area contributed by atoms with E-state index < -0.39 is 6.03 Å². The van der Waals surface area contributed by atoms with Crippen LogP contribution in [0.1, 0.15) is 46.2 Å². The lowest BCUT2D eigenvalue weighted by Gasteiger charge is -2.23. The van der Waals surface area contributed by atoms with Crippen molar-refractivity contribution < 1.29 is 19.1 Å². The fraction of sp³-hybridized carbons (Fsp3) is 0.393. The first-order valence-corrected chi connectivity index (χ1v) is 12.9. The number of rotatable bonds is 10. The number of nitrogens with one attached hydrogen (secondary N) is 2. The van der Waals surface area contributed by atoms with Gasteiger partial charge in [0.2, 0.25) is 5.91 Å². The summed E-state index contributed by atoms with van der Waals surface area (Å²) >= 11 is 6.06. The highest BCUT2D eigenvalue weighted by molar-refractivity contribution is 6.30. The fourth-order valence-corrected chi connectivity index (χ4v) is 3.79. The van der Waals surface area contributed by atoms with E-state index in [-0.39, 0.29) is 17.9 Å². The first-order chi connectivity index (χ1) is 18.0. The van der Waals surface area contributed by atoms with Crippen molar-refractivity contribution in [2.75, 3.05) is 37.9 Å². The van der Waals surface area contributed by atoms with Gasteiger partial charge in [0.05, 0.1) is 31.3 Å². The molecule has 1 heterocycles. The zero-order valence-electron chi connectivity index (χ0n) is 22.8. The van der Waals surface area contributed by atoms with E-state index in [1.807, 2.05) is 25.1 Å². The monoisotopic (exact) mass is 541 g/mol. The van der Waals surface area contributed by atoms with E-state index in [9.17, 15) is 9.59 Å². The number of unbranched alkanes of at least 4 members (excludes halogenated alkanes) is 1. The molecule has 10 heteroatoms. The summed E-state index contributed by atoms with van der Waals surface area (Å²) in [7, 11) is 3.07. The minimum atomic E-state index is -0.404. The lowest BCUT2D eigenvalue weighted by Crippen LogP contribution is -2.41. The Morgan fingerprint density at radius 2 is 1.74 bits per heavy atom. The number of benzene rings is 2. The number of carbonyl (C=O) groups is 2. The Kier molecular flexibility index (Phi) is 9.63. The second kappa shape index (κ2) is 12.7. The molecule has 0 unspecified atom stereocenters. The van der Waals surface area contributed by atoms with Crippen LogP contribution in [0.5, 0.6) is 11.5 Å². The van der Waals surface area contributed by atoms with Crippen molar-refractivity contribution in [1.82, 2.24) is 14.7 Å². The van der Waals surface area contributed by atoms with Crippen molar-refractivity contribution >= 4 is 35.0 Å². The SMILES string of the molecule is CCCCN(CC(=O)Nc1cc(C(C)(C)C)nn1-c1ccc(Cl)cc1)C(=O)Nc1ccc(OC)cc1OC. The van der Waals surface area contributed by atoms with E-state index in [1.54, 1.807) is 42.1 Å². The molecule has 0 aliphatic heterocycles. The summed E-state index contributed by atoms with van der Waals surface area (Å²) < 4.78 is 12.3. The van der Waals surface area contributed by atoms with E-state index in [2.05, 4.69) is 31.4 Å². The average molecular weight is 542 g/mol. The highest BCUT2D eigenvalue weighted by Crippen LogP contribution is 2.30. The number of anilines is 2. The molecule has 2 aromatic carbocycles. The van der Waals surface area contributed by atoms with E-state index in [0.29, 0.717) is 34.6 Å². The van der Waals surface area contributed by atoms with Crippen molar-refractivity contribution in [3.63, 3.8) is 0 Å². The van der Waals surface area contributed by atoms with Crippen LogP contribution in [-0.4, -0.2) is 53.9 Å². The Morgan fingerprint density at radius 1 is 1.03 bits per heavy atom. The number of hydrogen-bond acceptors (Lipinski definition) is 5. The highest BCUT2D eigenvalue weighted by Gasteiger charge is 2.23. The van der Waals surface area contributed by atoms with Gasteiger partial charge in [-0.1, -0.05) is 45.7 Å². The zero-order chi connectivity index (χ0) is 27.9. The average Bonchev–Trinajstić information content (AvgIpc) is 3.31. The maximum atomic E-state index is 13.2. The molecule has 0 fully saturated rings. The molecule has 2 N–H and O–H groups in total. The molecule has 0 atom stereocenters. The maximum absolute atomic E-state index is 13.2. The minimum absolute atomic E-state index is 0.138. The molecule has 1 aromatic heterocycles. The van der Waals surface area contributed by atoms with Gasteiger partial charge in [-0.2, -0.15) is 5.10 Å². The third-order valence-electron chi connectivity index (χ3n) is 5.87. The van der Waals surface area contributed by atoms with Crippen LogP contribution in [0, 0.1) is 0 Å². The van der Waals surface area contributed by atoms with Crippen molar-refractivity contribution in [3.05, 3.63) is 59.2 Å². The highest BCUT2D eigenvalue weighted by atomic mass is 35.5. The Balaban J connectivity index is 1.81. The molecule has 0 bridgehead atoms. The molecule has 3 amide bonds. The lowest BCUT2D eigenvalue weighted by molar-refractivity contribution is -0.116. The molecule has 0 spiro atoms. The van der Waals surface area contributed by atoms with Gasteiger partial charge in [0.15, 0.2) is 0 Å². The van der Waals surface area contributed by atoms with Gasteiger partial charge in [0.25, 0.3) is 0 Å². The normalized spacial score (nSPS) is 11.1. The molecule has 9 nitrogen and oxygen atoms in total. The molecular weight excluding hydrogens is 506 g/mol. The molecule has 204 valence electrons. The van der Waals surface area contributed by atoms with Gasteiger partial charge >= 0.3 is 6.03 Å². The minimum Gasteiger partial charge on any atom is -0.497 e. The molecule has 0 aliphatic carbocycles. The third kappa shape index (κ3) is 7.41. The van der Waals surface area contributed by atoms with Crippen LogP contribution in [0.3, 0.4) is 0 Å². The smallest absolute Gasteiger partial charge is 0.322 e. The van der Waals surface area contributed by atoms with Crippen LogP contribution in [0.15, 0.2) is 48.5 Å². The number of amides is 3. The summed E-state index contributed by atoms with van der Waals surface area (Å²) in [5.74, 6) is 1.23. The summed E-state index contributed by atoms with van der Waals surface area (Å²) in [6.07, 6.45) is 1.62. The number of urea groups is 1. The van der Waals surface area contributed by atoms with Crippen molar-refractivity contribution in [2.24, 2.45) is 0 Å². The van der Waals surface area contributed by atoms with Crippen LogP contribution in [0.2, 0.25) is 5.02 Å². The zero-order valence-corrected chi connectivity index (χ0v) is 23.6. The first-order valence-electron chi connectivity index (χ1n) is 12.5. The van der Waals surface area contributed by atoms with Crippen LogP contribution in [-0.2, 0) is 10.2 Å². The molecular formula is C28H36ClN5O4. The summed E-state index contributed by atoms with van der Waals surface area (Å²) in [6.45, 7) is 8.46. The van der Waals surface area contributed by atoms with Crippen molar-refractivity contribution in [3.8, 4) is 17.2 Å². The van der Waals surface area contributed by atoms with Gasteiger partial charge in [-0.05, 0) is 42.8 Å². The van der Waals surface area contributed by atoms with Crippen LogP contribution in [0.25, 0.3) is 5.69 Å². The second-order valence-corrected chi connectivity index (χ2v) is 10.3. The topological polar surface area (TPSA) is 97.7 Å². The van der Waals surface area contributed by atoms with E-state index in [0.717, 1.165) is 24.2 Å². The molecule has 0 saturated carbocycles. The number of carbonyl (C=O) groups excluding carboxylic acids is 2. The second-order valence-electron chi connectivity index (χ2n) is 9.87. The number of ether oxygens (including phenoxy) is 2. The van der Waals surface area contributed by atoms with Gasteiger partial charge in [-0.25, -0.2) is 9.48 Å². The van der Waals surface area contributed by atoms with Crippen LogP contribution < -0.4 is 20.1 Å². The number of nitrogens with zero attached hydrogens (tertiary/aromatic N) is 3. The van der Waals surface area contributed by atoms with Gasteiger partial charge in [-0.15, -0.1) is 0 Å². The predicted octanol–water partition coefficient (Wildman–Crippen LogP) is 6.11. The largest absolute Gasteiger partial charge is 0.497 e. The number of methoxy groups -OCH3 is 2. The first kappa shape index (κ1) is 28.8. The lowest BCUT2D eigenvalue weighted by atomic mass is 9.92.